The largest absolute Gasteiger partial charge is 0.348 e. The van der Waals surface area contributed by atoms with Crippen LogP contribution in [0.2, 0.25) is 5.02 Å². The molecular weight excluding hydrogens is 332 g/mol. The number of rotatable bonds is 3. The first-order valence-corrected chi connectivity index (χ1v) is 9.01. The van der Waals surface area contributed by atoms with E-state index in [9.17, 15) is 0 Å². The fraction of sp³-hybridized carbons (Fsp3) is 0.300. The lowest BCUT2D eigenvalue weighted by molar-refractivity contribution is 0.431. The number of anilines is 1. The van der Waals surface area contributed by atoms with Gasteiger partial charge in [0.25, 0.3) is 0 Å². The molecule has 4 rings (SSSR count). The first-order chi connectivity index (χ1) is 12.1. The molecule has 1 N–H and O–H groups in total. The highest BCUT2D eigenvalue weighted by molar-refractivity contribution is 6.30. The van der Waals surface area contributed by atoms with Crippen LogP contribution < -0.4 is 5.32 Å². The number of halogens is 1. The number of fused-ring (bicyclic) bond motifs is 1. The second-order valence-electron chi connectivity index (χ2n) is 6.85. The quantitative estimate of drug-likeness (QED) is 0.704. The number of hydrogen-bond donors (Lipinski definition) is 1. The van der Waals surface area contributed by atoms with Crippen molar-refractivity contribution in [2.75, 3.05) is 5.32 Å². The molecule has 2 aromatic carbocycles. The molecule has 3 aromatic rings. The Labute approximate surface area is 152 Å². The van der Waals surface area contributed by atoms with Crippen molar-refractivity contribution in [2.45, 2.75) is 38.3 Å². The van der Waals surface area contributed by atoms with Crippen molar-refractivity contribution < 1.29 is 0 Å². The Morgan fingerprint density at radius 1 is 1.04 bits per heavy atom. The van der Waals surface area contributed by atoms with E-state index in [1.54, 1.807) is 6.33 Å². The summed E-state index contributed by atoms with van der Waals surface area (Å²) in [6.45, 7) is 4.43. The van der Waals surface area contributed by atoms with Crippen molar-refractivity contribution in [2.24, 2.45) is 0 Å². The molecule has 0 radical (unpaired) electrons. The monoisotopic (exact) mass is 352 g/mol. The molecule has 4 nitrogen and oxygen atoms in total. The van der Waals surface area contributed by atoms with Gasteiger partial charge < -0.3 is 5.32 Å². The maximum absolute atomic E-state index is 6.03. The Morgan fingerprint density at radius 2 is 1.72 bits per heavy atom. The van der Waals surface area contributed by atoms with Gasteiger partial charge in [0.1, 0.15) is 6.33 Å². The smallest absolute Gasteiger partial charge is 0.222 e. The maximum atomic E-state index is 6.03. The van der Waals surface area contributed by atoms with Crippen LogP contribution in [0.25, 0.3) is 0 Å². The molecule has 0 fully saturated rings. The Kier molecular flexibility index (Phi) is 4.22. The Balaban J connectivity index is 1.68. The number of aromatic nitrogens is 3. The minimum Gasteiger partial charge on any atom is -0.348 e. The zero-order valence-corrected chi connectivity index (χ0v) is 15.1. The van der Waals surface area contributed by atoms with Gasteiger partial charge in [-0.15, -0.1) is 0 Å². The Hall–Kier alpha value is -2.33. The lowest BCUT2D eigenvalue weighted by Crippen LogP contribution is -2.28. The van der Waals surface area contributed by atoms with E-state index in [0.29, 0.717) is 5.92 Å². The van der Waals surface area contributed by atoms with Crippen molar-refractivity contribution in [1.82, 2.24) is 14.8 Å². The number of benzene rings is 2. The molecule has 1 aliphatic rings. The molecule has 5 heteroatoms. The highest BCUT2D eigenvalue weighted by Gasteiger charge is 2.29. The van der Waals surface area contributed by atoms with Gasteiger partial charge in [-0.1, -0.05) is 61.8 Å². The third-order valence-corrected chi connectivity index (χ3v) is 5.14. The third-order valence-electron chi connectivity index (χ3n) is 4.89. The molecular formula is C20H21ClN4. The molecule has 0 saturated carbocycles. The topological polar surface area (TPSA) is 42.7 Å². The first kappa shape index (κ1) is 16.2. The minimum atomic E-state index is 0.167. The van der Waals surface area contributed by atoms with Crippen LogP contribution in [0.4, 0.5) is 5.95 Å². The third kappa shape index (κ3) is 3.14. The van der Waals surface area contributed by atoms with E-state index in [1.165, 1.54) is 16.7 Å². The summed E-state index contributed by atoms with van der Waals surface area (Å²) < 4.78 is 1.98. The second kappa shape index (κ2) is 6.52. The van der Waals surface area contributed by atoms with Crippen LogP contribution in [0.15, 0.2) is 54.9 Å². The van der Waals surface area contributed by atoms with E-state index in [1.807, 2.05) is 16.8 Å². The van der Waals surface area contributed by atoms with Crippen LogP contribution in [0, 0.1) is 0 Å². The Morgan fingerprint density at radius 3 is 2.40 bits per heavy atom. The summed E-state index contributed by atoms with van der Waals surface area (Å²) in [5, 5.41) is 8.68. The summed E-state index contributed by atoms with van der Waals surface area (Å²) in [7, 11) is 0. The zero-order valence-electron chi connectivity index (χ0n) is 14.4. The standard InChI is InChI=1S/C20H21ClN4/c1-13(2)14-3-5-16(6-4-14)19-11-18(15-7-9-17(21)10-8-15)24-20-22-12-23-25(19)20/h3-10,12-13,18-19H,11H2,1-2H3,(H,22,23,24)/t18-,19+/m0/s1. The van der Waals surface area contributed by atoms with E-state index in [-0.39, 0.29) is 12.1 Å². The highest BCUT2D eigenvalue weighted by atomic mass is 35.5. The Bertz CT molecular complexity index is 852. The van der Waals surface area contributed by atoms with Crippen LogP contribution in [0.5, 0.6) is 0 Å². The van der Waals surface area contributed by atoms with Crippen LogP contribution in [-0.2, 0) is 0 Å². The molecule has 1 aromatic heterocycles. The van der Waals surface area contributed by atoms with Gasteiger partial charge in [-0.2, -0.15) is 10.1 Å². The first-order valence-electron chi connectivity index (χ1n) is 8.63. The van der Waals surface area contributed by atoms with E-state index in [4.69, 9.17) is 11.6 Å². The van der Waals surface area contributed by atoms with Crippen molar-refractivity contribution >= 4 is 17.5 Å². The molecule has 0 unspecified atom stereocenters. The zero-order chi connectivity index (χ0) is 17.4. The highest BCUT2D eigenvalue weighted by Crippen LogP contribution is 2.37. The summed E-state index contributed by atoms with van der Waals surface area (Å²) in [5.41, 5.74) is 3.82. The molecule has 0 amide bonds. The number of nitrogens with zero attached hydrogens (tertiary/aromatic N) is 3. The molecule has 0 saturated heterocycles. The summed E-state index contributed by atoms with van der Waals surface area (Å²) in [6, 6.07) is 17.2. The number of nitrogens with one attached hydrogen (secondary N) is 1. The summed E-state index contributed by atoms with van der Waals surface area (Å²) in [5.74, 6) is 1.34. The van der Waals surface area contributed by atoms with E-state index in [2.05, 4.69) is 65.6 Å². The van der Waals surface area contributed by atoms with E-state index in [0.717, 1.165) is 17.4 Å². The normalized spacial score (nSPS) is 19.5. The fourth-order valence-corrected chi connectivity index (χ4v) is 3.54. The number of hydrogen-bond acceptors (Lipinski definition) is 3. The van der Waals surface area contributed by atoms with Gasteiger partial charge in [0.15, 0.2) is 0 Å². The average Bonchev–Trinajstić information content (AvgIpc) is 3.10. The predicted octanol–water partition coefficient (Wildman–Crippen LogP) is 5.20. The molecule has 0 aliphatic carbocycles. The van der Waals surface area contributed by atoms with Crippen molar-refractivity contribution in [3.05, 3.63) is 76.6 Å². The van der Waals surface area contributed by atoms with Crippen molar-refractivity contribution in [1.29, 1.82) is 0 Å². The van der Waals surface area contributed by atoms with E-state index >= 15 is 0 Å². The predicted molar refractivity (Wildman–Crippen MR) is 101 cm³/mol. The molecule has 1 aliphatic heterocycles. The van der Waals surface area contributed by atoms with Gasteiger partial charge in [-0.3, -0.25) is 0 Å². The van der Waals surface area contributed by atoms with Gasteiger partial charge in [-0.05, 0) is 41.2 Å². The molecule has 128 valence electrons. The fourth-order valence-electron chi connectivity index (χ4n) is 3.41. The molecule has 0 bridgehead atoms. The average molecular weight is 353 g/mol. The van der Waals surface area contributed by atoms with Gasteiger partial charge in [0.2, 0.25) is 5.95 Å². The van der Waals surface area contributed by atoms with Crippen LogP contribution in [-0.4, -0.2) is 14.8 Å². The van der Waals surface area contributed by atoms with Gasteiger partial charge in [0.05, 0.1) is 12.1 Å². The van der Waals surface area contributed by atoms with Crippen LogP contribution >= 0.6 is 11.6 Å². The summed E-state index contributed by atoms with van der Waals surface area (Å²) in [4.78, 5) is 4.39. The lowest BCUT2D eigenvalue weighted by atomic mass is 9.92. The van der Waals surface area contributed by atoms with Gasteiger partial charge in [-0.25, -0.2) is 4.68 Å². The van der Waals surface area contributed by atoms with E-state index < -0.39 is 0 Å². The molecule has 25 heavy (non-hydrogen) atoms. The van der Waals surface area contributed by atoms with Crippen LogP contribution in [0.1, 0.15) is 55.0 Å². The summed E-state index contributed by atoms with van der Waals surface area (Å²) in [6.07, 6.45) is 2.53. The maximum Gasteiger partial charge on any atom is 0.222 e. The van der Waals surface area contributed by atoms with Gasteiger partial charge in [0, 0.05) is 5.02 Å². The molecule has 2 atom stereocenters. The van der Waals surface area contributed by atoms with Crippen LogP contribution in [0.3, 0.4) is 0 Å². The van der Waals surface area contributed by atoms with Crippen molar-refractivity contribution in [3.8, 4) is 0 Å². The summed E-state index contributed by atoms with van der Waals surface area (Å²) >= 11 is 6.03. The lowest BCUT2D eigenvalue weighted by Gasteiger charge is -2.32. The second-order valence-corrected chi connectivity index (χ2v) is 7.29. The molecule has 2 heterocycles. The van der Waals surface area contributed by atoms with Gasteiger partial charge >= 0.3 is 0 Å². The minimum absolute atomic E-state index is 0.167. The molecule has 0 spiro atoms. The van der Waals surface area contributed by atoms with Crippen molar-refractivity contribution in [3.63, 3.8) is 0 Å². The SMILES string of the molecule is CC(C)c1ccc([C@H]2C[C@@H](c3ccc(Cl)cc3)Nc3ncnn32)cc1.